The topological polar surface area (TPSA) is 120 Å². The minimum Gasteiger partial charge on any atom is -0.511 e. The molecule has 2 unspecified atom stereocenters. The largest absolute Gasteiger partial charge is 0.511 e. The van der Waals surface area contributed by atoms with E-state index in [9.17, 15) is 15.0 Å². The van der Waals surface area contributed by atoms with Crippen LogP contribution in [0, 0.1) is 0 Å². The van der Waals surface area contributed by atoms with E-state index in [1.165, 1.54) is 11.6 Å². The average molecular weight is 503 g/mol. The third kappa shape index (κ3) is 16.5. The molecule has 0 saturated heterocycles. The van der Waals surface area contributed by atoms with Crippen molar-refractivity contribution in [2.24, 2.45) is 0 Å². The maximum absolute atomic E-state index is 10.2. The van der Waals surface area contributed by atoms with Crippen molar-refractivity contribution in [1.82, 2.24) is 10.6 Å². The summed E-state index contributed by atoms with van der Waals surface area (Å²) in [5.74, 6) is 0.879. The second-order valence-corrected chi connectivity index (χ2v) is 7.82. The summed E-state index contributed by atoms with van der Waals surface area (Å²) in [6.07, 6.45) is 8.73. The molecule has 0 aromatic heterocycles. The zero-order valence-electron chi connectivity index (χ0n) is 21.7. The SMILES string of the molecule is C/C=C(/O)CNC=O.C=C/C(=C\C=C/COC)C(O)COc1ccc(CCNCC(O)C(=C)C)cc1. The van der Waals surface area contributed by atoms with Gasteiger partial charge >= 0.3 is 0 Å². The zero-order valence-corrected chi connectivity index (χ0v) is 21.7. The van der Waals surface area contributed by atoms with Crippen LogP contribution in [0.15, 0.2) is 84.7 Å². The number of methoxy groups -OCH3 is 1. The standard InChI is InChI=1S/C23H33NO4.C5H9NO2/c1-5-20(8-6-7-15-27-4)23(26)17-28-21-11-9-19(10-12-21)13-14-24-16-22(25)18(2)3;1-2-5(8)3-6-4-7/h5-12,22-26H,1-2,13-17H2,3-4H3;2,4,8H,3H2,1H3,(H,6,7)/b7-6-,20-8+;5-2+. The van der Waals surface area contributed by atoms with Gasteiger partial charge in [-0.2, -0.15) is 0 Å². The highest BCUT2D eigenvalue weighted by Crippen LogP contribution is 2.14. The Bertz CT molecular complexity index is 846. The molecule has 0 aliphatic rings. The lowest BCUT2D eigenvalue weighted by atomic mass is 10.1. The third-order valence-corrected chi connectivity index (χ3v) is 4.84. The van der Waals surface area contributed by atoms with E-state index < -0.39 is 12.2 Å². The molecule has 0 aliphatic carbocycles. The van der Waals surface area contributed by atoms with Crippen LogP contribution in [0.25, 0.3) is 0 Å². The Morgan fingerprint density at radius 2 is 1.89 bits per heavy atom. The fourth-order valence-electron chi connectivity index (χ4n) is 2.56. The van der Waals surface area contributed by atoms with Gasteiger partial charge in [-0.25, -0.2) is 0 Å². The summed E-state index contributed by atoms with van der Waals surface area (Å²) in [6.45, 7) is 13.1. The number of allylic oxidation sites excluding steroid dienone is 3. The molecule has 2 atom stereocenters. The quantitative estimate of drug-likeness (QED) is 0.0730. The van der Waals surface area contributed by atoms with Crippen LogP contribution in [0.5, 0.6) is 5.75 Å². The Labute approximate surface area is 215 Å². The summed E-state index contributed by atoms with van der Waals surface area (Å²) >= 11 is 0. The predicted molar refractivity (Wildman–Crippen MR) is 145 cm³/mol. The number of ether oxygens (including phenoxy) is 2. The van der Waals surface area contributed by atoms with Crippen LogP contribution in [0.3, 0.4) is 0 Å². The number of amides is 1. The Kier molecular flexibility index (Phi) is 19.3. The van der Waals surface area contributed by atoms with E-state index in [2.05, 4.69) is 23.8 Å². The van der Waals surface area contributed by atoms with Gasteiger partial charge < -0.3 is 35.4 Å². The van der Waals surface area contributed by atoms with Gasteiger partial charge in [-0.1, -0.05) is 55.2 Å². The summed E-state index contributed by atoms with van der Waals surface area (Å²) in [7, 11) is 1.63. The van der Waals surface area contributed by atoms with Gasteiger partial charge in [-0.15, -0.1) is 0 Å². The van der Waals surface area contributed by atoms with E-state index in [1.807, 2.05) is 43.3 Å². The third-order valence-electron chi connectivity index (χ3n) is 4.84. The van der Waals surface area contributed by atoms with Crippen molar-refractivity contribution in [2.45, 2.75) is 32.5 Å². The highest BCUT2D eigenvalue weighted by Gasteiger charge is 2.08. The van der Waals surface area contributed by atoms with Crippen LogP contribution < -0.4 is 15.4 Å². The molecule has 1 amide bonds. The van der Waals surface area contributed by atoms with Crippen LogP contribution in [0.4, 0.5) is 0 Å². The molecule has 0 saturated carbocycles. The summed E-state index contributed by atoms with van der Waals surface area (Å²) in [5.41, 5.74) is 2.61. The zero-order chi connectivity index (χ0) is 27.2. The monoisotopic (exact) mass is 502 g/mol. The number of hydrogen-bond acceptors (Lipinski definition) is 7. The number of aliphatic hydroxyl groups excluding tert-OH is 3. The highest BCUT2D eigenvalue weighted by molar-refractivity contribution is 5.46. The van der Waals surface area contributed by atoms with Crippen molar-refractivity contribution in [3.8, 4) is 5.75 Å². The van der Waals surface area contributed by atoms with Crippen molar-refractivity contribution >= 4 is 6.41 Å². The average Bonchev–Trinajstić information content (AvgIpc) is 2.89. The van der Waals surface area contributed by atoms with Gasteiger partial charge in [-0.3, -0.25) is 4.79 Å². The van der Waals surface area contributed by atoms with Crippen LogP contribution >= 0.6 is 0 Å². The molecule has 8 heteroatoms. The van der Waals surface area contributed by atoms with Crippen LogP contribution in [0.1, 0.15) is 19.4 Å². The number of carbonyl (C=O) groups excluding carboxylic acids is 1. The van der Waals surface area contributed by atoms with E-state index in [1.54, 1.807) is 26.2 Å². The molecule has 36 heavy (non-hydrogen) atoms. The molecule has 0 aliphatic heterocycles. The van der Waals surface area contributed by atoms with Gasteiger partial charge in [0.2, 0.25) is 6.41 Å². The summed E-state index contributed by atoms with van der Waals surface area (Å²) in [4.78, 5) is 9.58. The summed E-state index contributed by atoms with van der Waals surface area (Å²) < 4.78 is 10.6. The van der Waals surface area contributed by atoms with E-state index in [-0.39, 0.29) is 18.9 Å². The molecule has 8 nitrogen and oxygen atoms in total. The first kappa shape index (κ1) is 32.8. The van der Waals surface area contributed by atoms with Crippen molar-refractivity contribution in [2.75, 3.05) is 40.0 Å². The van der Waals surface area contributed by atoms with Gasteiger partial charge in [0, 0.05) is 13.7 Å². The highest BCUT2D eigenvalue weighted by atomic mass is 16.5. The van der Waals surface area contributed by atoms with Gasteiger partial charge in [0.25, 0.3) is 0 Å². The maximum atomic E-state index is 10.2. The maximum Gasteiger partial charge on any atom is 0.207 e. The Morgan fingerprint density at radius 1 is 1.19 bits per heavy atom. The molecule has 5 N–H and O–H groups in total. The Balaban J connectivity index is 0.00000131. The van der Waals surface area contributed by atoms with Crippen molar-refractivity contribution in [3.05, 3.63) is 90.3 Å². The first-order valence-electron chi connectivity index (χ1n) is 11.7. The second kappa shape index (κ2) is 21.1. The molecule has 0 bridgehead atoms. The number of carbonyl (C=O) groups is 1. The van der Waals surface area contributed by atoms with Crippen molar-refractivity contribution in [1.29, 1.82) is 0 Å². The lowest BCUT2D eigenvalue weighted by Gasteiger charge is -2.14. The lowest BCUT2D eigenvalue weighted by Crippen LogP contribution is -2.28. The van der Waals surface area contributed by atoms with Crippen molar-refractivity contribution < 1.29 is 29.6 Å². The lowest BCUT2D eigenvalue weighted by molar-refractivity contribution is -0.109. The molecule has 0 heterocycles. The molecule has 1 aromatic carbocycles. The molecule has 1 aromatic rings. The summed E-state index contributed by atoms with van der Waals surface area (Å²) in [6, 6.07) is 7.77. The number of aliphatic hydroxyl groups is 3. The van der Waals surface area contributed by atoms with E-state index in [0.717, 1.165) is 18.5 Å². The molecule has 0 radical (unpaired) electrons. The number of benzene rings is 1. The van der Waals surface area contributed by atoms with Gasteiger partial charge in [0.1, 0.15) is 24.2 Å². The Morgan fingerprint density at radius 3 is 2.44 bits per heavy atom. The van der Waals surface area contributed by atoms with E-state index >= 15 is 0 Å². The smallest absolute Gasteiger partial charge is 0.207 e. The van der Waals surface area contributed by atoms with Crippen molar-refractivity contribution in [3.63, 3.8) is 0 Å². The first-order chi connectivity index (χ1) is 17.3. The number of hydrogen-bond donors (Lipinski definition) is 5. The molecular weight excluding hydrogens is 460 g/mol. The molecule has 1 rings (SSSR count). The number of rotatable bonds is 17. The number of nitrogens with one attached hydrogen (secondary N) is 2. The summed E-state index contributed by atoms with van der Waals surface area (Å²) in [5, 5.41) is 34.1. The van der Waals surface area contributed by atoms with E-state index in [0.29, 0.717) is 30.9 Å². The van der Waals surface area contributed by atoms with E-state index in [4.69, 9.17) is 14.6 Å². The fraction of sp³-hybridized carbons (Fsp3) is 0.393. The van der Waals surface area contributed by atoms with Crippen LogP contribution in [-0.2, 0) is 16.0 Å². The Hall–Kier alpha value is -3.17. The molecule has 0 spiro atoms. The predicted octanol–water partition coefficient (Wildman–Crippen LogP) is 3.00. The van der Waals surface area contributed by atoms with Crippen LogP contribution in [-0.4, -0.2) is 73.9 Å². The van der Waals surface area contributed by atoms with Gasteiger partial charge in [0.05, 0.1) is 19.3 Å². The minimum atomic E-state index is -0.756. The minimum absolute atomic E-state index is 0.148. The first-order valence-corrected chi connectivity index (χ1v) is 11.7. The normalized spacial score (nSPS) is 13.4. The second-order valence-electron chi connectivity index (χ2n) is 7.82. The fourth-order valence-corrected chi connectivity index (χ4v) is 2.56. The molecule has 0 fully saturated rings. The molecular formula is C28H42N2O6. The molecule has 200 valence electrons. The van der Waals surface area contributed by atoms with Gasteiger partial charge in [0.15, 0.2) is 0 Å². The van der Waals surface area contributed by atoms with Gasteiger partial charge in [-0.05, 0) is 56.2 Å². The van der Waals surface area contributed by atoms with Crippen LogP contribution in [0.2, 0.25) is 0 Å².